The van der Waals surface area contributed by atoms with Gasteiger partial charge in [0.25, 0.3) is 0 Å². The minimum atomic E-state index is -4.42. The van der Waals surface area contributed by atoms with Gasteiger partial charge in [-0.3, -0.25) is 4.98 Å². The van der Waals surface area contributed by atoms with Crippen molar-refractivity contribution in [3.05, 3.63) is 173 Å². The van der Waals surface area contributed by atoms with Gasteiger partial charge in [0.15, 0.2) is 0 Å². The average Bonchev–Trinajstić information content (AvgIpc) is 3.89. The topological polar surface area (TPSA) is 67.6 Å². The van der Waals surface area contributed by atoms with Crippen LogP contribution in [0.1, 0.15) is 106 Å². The van der Waals surface area contributed by atoms with Crippen LogP contribution >= 0.6 is 0 Å². The molecule has 5 nitrogen and oxygen atoms in total. The maximum absolute atomic E-state index is 12.6. The van der Waals surface area contributed by atoms with Gasteiger partial charge in [-0.25, -0.2) is 0 Å². The van der Waals surface area contributed by atoms with E-state index < -0.39 is 25.4 Å². The Morgan fingerprint density at radius 2 is 1.41 bits per heavy atom. The van der Waals surface area contributed by atoms with Crippen molar-refractivity contribution < 1.29 is 45.9 Å². The average molecular weight is 1040 g/mol. The molecule has 3 heterocycles. The van der Waals surface area contributed by atoms with Gasteiger partial charge in [-0.15, -0.1) is 48.0 Å². The molecule has 0 aliphatic rings. The van der Waals surface area contributed by atoms with Crippen LogP contribution in [0, 0.1) is 37.2 Å². The quantitative estimate of drug-likeness (QED) is 0.149. The van der Waals surface area contributed by atoms with Crippen LogP contribution in [0.15, 0.2) is 126 Å². The Hall–Kier alpha value is -6.33. The predicted molar refractivity (Wildman–Crippen MR) is 248 cm³/mol. The number of hydrogen-bond donors (Lipinski definition) is 0. The zero-order valence-corrected chi connectivity index (χ0v) is 38.3. The predicted octanol–water partition coefficient (Wildman–Crippen LogP) is 15.5. The van der Waals surface area contributed by atoms with Gasteiger partial charge in [0.05, 0.1) is 28.0 Å². The molecule has 6 aromatic carbocycles. The molecule has 9 rings (SSSR count). The molecule has 0 N–H and O–H groups in total. The second kappa shape index (κ2) is 18.4. The van der Waals surface area contributed by atoms with Crippen LogP contribution in [0.25, 0.3) is 72.4 Å². The van der Waals surface area contributed by atoms with E-state index in [4.69, 9.17) is 17.6 Å². The summed E-state index contributed by atoms with van der Waals surface area (Å²) in [6, 6.07) is 42.9. The van der Waals surface area contributed by atoms with Crippen molar-refractivity contribution in [1.82, 2.24) is 14.5 Å². The van der Waals surface area contributed by atoms with E-state index in [2.05, 4.69) is 97.9 Å². The maximum atomic E-state index is 12.6. The van der Waals surface area contributed by atoms with Crippen LogP contribution in [0.4, 0.5) is 13.2 Å². The number of hydrogen-bond acceptors (Lipinski definition) is 4. The summed E-state index contributed by atoms with van der Waals surface area (Å²) < 4.78 is 93.0. The normalized spacial score (nSPS) is 13.4. The van der Waals surface area contributed by atoms with Gasteiger partial charge < -0.3 is 14.0 Å². The van der Waals surface area contributed by atoms with E-state index >= 15 is 0 Å². The van der Waals surface area contributed by atoms with Crippen LogP contribution in [0.2, 0.25) is 0 Å². The molecule has 0 fully saturated rings. The van der Waals surface area contributed by atoms with Gasteiger partial charge in [0.2, 0.25) is 0 Å². The summed E-state index contributed by atoms with van der Waals surface area (Å²) in [4.78, 5) is 9.25. The molecule has 0 atom stereocenters. The van der Waals surface area contributed by atoms with Crippen molar-refractivity contribution in [3.8, 4) is 45.5 Å². The monoisotopic (exact) mass is 1040 g/mol. The molecular formula is C55H47F3IrN4O-2. The standard InChI is InChI=1S/C39H32N3O.C16H15F3N.Ir/c1-23(2)31-20-27(26-12-7-6-8-13-26)21-32(24(3)4)36(31)42-35-17-10-9-16-34(35)41-39(42)30-15-11-14-28-29-19-18-25(5)33(22-40)38(29)43-37(28)30;1-10(2)14-8-15(20-9-11(14)3)12-4-6-13(7-5-12)16(17,18)19;/h6-14,16-21,23-24H,1-5H3;4,6-10H,1-3H3;/q2*-1;/i5D3;3D3;. The van der Waals surface area contributed by atoms with Crippen LogP contribution in [-0.2, 0) is 26.3 Å². The van der Waals surface area contributed by atoms with Crippen LogP contribution in [0.3, 0.4) is 0 Å². The third kappa shape index (κ3) is 8.65. The Morgan fingerprint density at radius 1 is 0.734 bits per heavy atom. The molecule has 0 unspecified atom stereocenters. The first-order valence-electron chi connectivity index (χ1n) is 23.7. The Kier molecular flexibility index (Phi) is 11.0. The second-order valence-electron chi connectivity index (χ2n) is 16.4. The van der Waals surface area contributed by atoms with Gasteiger partial charge >= 0.3 is 6.18 Å². The van der Waals surface area contributed by atoms with Gasteiger partial charge in [0.1, 0.15) is 11.7 Å². The molecule has 0 amide bonds. The Bertz CT molecular complexity index is 3380. The van der Waals surface area contributed by atoms with Crippen LogP contribution in [-0.4, -0.2) is 14.5 Å². The van der Waals surface area contributed by atoms with E-state index in [0.717, 1.165) is 34.2 Å². The molecule has 3 aromatic heterocycles. The molecule has 0 aliphatic carbocycles. The fraction of sp³-hybridized carbons (Fsp3) is 0.218. The molecule has 0 spiro atoms. The van der Waals surface area contributed by atoms with Crippen LogP contribution < -0.4 is 0 Å². The minimum Gasteiger partial charge on any atom is -0.499 e. The first-order chi connectivity index (χ1) is 32.6. The minimum absolute atomic E-state index is 0. The van der Waals surface area contributed by atoms with Crippen molar-refractivity contribution >= 4 is 33.0 Å². The molecule has 1 radical (unpaired) electrons. The number of furan rings is 1. The number of aryl methyl sites for hydroxylation is 2. The van der Waals surface area contributed by atoms with Gasteiger partial charge in [-0.2, -0.15) is 18.4 Å². The number of alkyl halides is 3. The number of rotatable bonds is 7. The molecule has 0 saturated heterocycles. The molecule has 325 valence electrons. The number of imidazole rings is 1. The number of fused-ring (bicyclic) bond motifs is 4. The molecule has 0 bridgehead atoms. The van der Waals surface area contributed by atoms with E-state index in [9.17, 15) is 18.4 Å². The first kappa shape index (κ1) is 38.2. The number of para-hydroxylation sites is 2. The third-order valence-electron chi connectivity index (χ3n) is 11.2. The van der Waals surface area contributed by atoms with Crippen LogP contribution in [0.5, 0.6) is 0 Å². The van der Waals surface area contributed by atoms with Gasteiger partial charge in [-0.05, 0) is 106 Å². The van der Waals surface area contributed by atoms with E-state index in [1.807, 2.05) is 50.2 Å². The van der Waals surface area contributed by atoms with Crippen molar-refractivity contribution in [3.63, 3.8) is 0 Å². The van der Waals surface area contributed by atoms with Crippen molar-refractivity contribution in [2.24, 2.45) is 0 Å². The summed E-state index contributed by atoms with van der Waals surface area (Å²) in [5.74, 6) is 1.01. The maximum Gasteiger partial charge on any atom is 0.381 e. The van der Waals surface area contributed by atoms with Gasteiger partial charge in [0, 0.05) is 45.6 Å². The summed E-state index contributed by atoms with van der Waals surface area (Å²) in [7, 11) is 0. The number of nitrogens with zero attached hydrogens (tertiary/aromatic N) is 4. The summed E-state index contributed by atoms with van der Waals surface area (Å²) >= 11 is 0. The van der Waals surface area contributed by atoms with E-state index in [-0.39, 0.29) is 60.1 Å². The van der Waals surface area contributed by atoms with E-state index in [1.165, 1.54) is 40.6 Å². The summed E-state index contributed by atoms with van der Waals surface area (Å²) in [5, 5.41) is 11.5. The molecule has 0 saturated carbocycles. The largest absolute Gasteiger partial charge is 0.499 e. The molecule has 9 heteroatoms. The van der Waals surface area contributed by atoms with E-state index in [1.54, 1.807) is 12.1 Å². The third-order valence-corrected chi connectivity index (χ3v) is 11.2. The van der Waals surface area contributed by atoms with E-state index in [0.29, 0.717) is 39.2 Å². The van der Waals surface area contributed by atoms with Crippen molar-refractivity contribution in [1.29, 1.82) is 5.26 Å². The number of benzene rings is 6. The smallest absolute Gasteiger partial charge is 0.381 e. The summed E-state index contributed by atoms with van der Waals surface area (Å²) in [5.41, 5.74) is 9.74. The second-order valence-corrected chi connectivity index (χ2v) is 16.4. The number of pyridine rings is 1. The number of halogens is 3. The molecule has 9 aromatic rings. The first-order valence-corrected chi connectivity index (χ1v) is 20.7. The summed E-state index contributed by atoms with van der Waals surface area (Å²) in [6.07, 6.45) is -3.15. The zero-order valence-electron chi connectivity index (χ0n) is 41.9. The van der Waals surface area contributed by atoms with Crippen molar-refractivity contribution in [2.45, 2.75) is 79.2 Å². The SMILES string of the molecule is [2H]C([2H])([2H])c1ccc2c(oc3c(-c4nc5ccccc5n4-c4c(C(C)C)cc(-c5ccccc5)cc4C(C)C)[c-]ccc32)c1C#N.[2H]C([2H])([2H])c1cnc(-c2[c-]cc(C(F)(F)F)cc2)cc1C(C)C.[Ir]. The zero-order chi connectivity index (χ0) is 49.7. The Labute approximate surface area is 394 Å². The molecular weight excluding hydrogens is 982 g/mol. The Balaban J connectivity index is 0.000000254. The summed E-state index contributed by atoms with van der Waals surface area (Å²) in [6.45, 7) is 7.84. The fourth-order valence-corrected chi connectivity index (χ4v) is 7.97. The number of nitriles is 1. The van der Waals surface area contributed by atoms with Gasteiger partial charge in [-0.1, -0.05) is 113 Å². The van der Waals surface area contributed by atoms with Crippen molar-refractivity contribution in [2.75, 3.05) is 0 Å². The Morgan fingerprint density at radius 3 is 2.03 bits per heavy atom. The number of aromatic nitrogens is 3. The fourth-order valence-electron chi connectivity index (χ4n) is 7.97. The molecule has 0 aliphatic heterocycles. The molecule has 64 heavy (non-hydrogen) atoms.